The van der Waals surface area contributed by atoms with Gasteiger partial charge in [-0.1, -0.05) is 18.2 Å². The summed E-state index contributed by atoms with van der Waals surface area (Å²) in [5.41, 5.74) is 0.371. The van der Waals surface area contributed by atoms with Crippen molar-refractivity contribution in [3.8, 4) is 0 Å². The van der Waals surface area contributed by atoms with Crippen molar-refractivity contribution < 1.29 is 27.4 Å². The first kappa shape index (κ1) is 13.3. The van der Waals surface area contributed by atoms with E-state index >= 15 is 0 Å². The number of allylic oxidation sites excluding steroid dienone is 1. The molecule has 0 unspecified atom stereocenters. The standard InChI is InChI=1S/C12H10F3NO3/c13-12(14,15)10-9(18-6-7-19-10)11(17)16-8-4-2-1-3-5-8/h1-5H,6-7H2,(H,16,17). The molecule has 0 aliphatic carbocycles. The summed E-state index contributed by atoms with van der Waals surface area (Å²) in [6, 6.07) is 8.11. The van der Waals surface area contributed by atoms with Crippen molar-refractivity contribution in [2.24, 2.45) is 0 Å². The molecule has 4 nitrogen and oxygen atoms in total. The minimum atomic E-state index is -4.76. The lowest BCUT2D eigenvalue weighted by molar-refractivity contribution is -0.151. The van der Waals surface area contributed by atoms with Crippen LogP contribution in [0, 0.1) is 0 Å². The van der Waals surface area contributed by atoms with E-state index in [9.17, 15) is 18.0 Å². The van der Waals surface area contributed by atoms with Crippen LogP contribution in [0.25, 0.3) is 0 Å². The predicted molar refractivity (Wildman–Crippen MR) is 60.1 cm³/mol. The van der Waals surface area contributed by atoms with E-state index in [1.54, 1.807) is 30.3 Å². The van der Waals surface area contributed by atoms with Crippen molar-refractivity contribution in [3.63, 3.8) is 0 Å². The molecular formula is C12H10F3NO3. The van der Waals surface area contributed by atoms with Crippen LogP contribution in [0.2, 0.25) is 0 Å². The first-order valence-corrected chi connectivity index (χ1v) is 5.42. The molecule has 0 aromatic heterocycles. The number of para-hydroxylation sites is 1. The highest BCUT2D eigenvalue weighted by Crippen LogP contribution is 2.32. The zero-order chi connectivity index (χ0) is 13.9. The van der Waals surface area contributed by atoms with Crippen LogP contribution in [0.4, 0.5) is 18.9 Å². The summed E-state index contributed by atoms with van der Waals surface area (Å²) in [5.74, 6) is -3.23. The molecule has 0 saturated carbocycles. The molecular weight excluding hydrogens is 263 g/mol. The molecule has 1 aromatic carbocycles. The summed E-state index contributed by atoms with van der Waals surface area (Å²) in [6.45, 7) is -0.339. The summed E-state index contributed by atoms with van der Waals surface area (Å²) in [5, 5.41) is 2.31. The molecule has 1 aliphatic heterocycles. The van der Waals surface area contributed by atoms with Crippen LogP contribution in [-0.2, 0) is 14.3 Å². The van der Waals surface area contributed by atoms with Gasteiger partial charge in [-0.25, -0.2) is 0 Å². The molecule has 1 amide bonds. The zero-order valence-electron chi connectivity index (χ0n) is 9.66. The molecule has 0 saturated heterocycles. The quantitative estimate of drug-likeness (QED) is 0.900. The Morgan fingerprint density at radius 2 is 1.74 bits per heavy atom. The van der Waals surface area contributed by atoms with Gasteiger partial charge < -0.3 is 14.8 Å². The van der Waals surface area contributed by atoms with Crippen LogP contribution >= 0.6 is 0 Å². The van der Waals surface area contributed by atoms with E-state index in [0.717, 1.165) is 0 Å². The molecule has 1 N–H and O–H groups in total. The van der Waals surface area contributed by atoms with Crippen LogP contribution in [0.5, 0.6) is 0 Å². The maximum absolute atomic E-state index is 12.6. The van der Waals surface area contributed by atoms with Gasteiger partial charge in [0, 0.05) is 5.69 Å². The Bertz CT molecular complexity index is 497. The van der Waals surface area contributed by atoms with Gasteiger partial charge in [-0.05, 0) is 12.1 Å². The number of ether oxygens (including phenoxy) is 2. The average Bonchev–Trinajstić information content (AvgIpc) is 2.39. The van der Waals surface area contributed by atoms with Crippen LogP contribution in [-0.4, -0.2) is 25.3 Å². The van der Waals surface area contributed by atoms with Gasteiger partial charge in [0.05, 0.1) is 0 Å². The third kappa shape index (κ3) is 3.18. The lowest BCUT2D eigenvalue weighted by atomic mass is 10.3. The van der Waals surface area contributed by atoms with Crippen LogP contribution in [0.3, 0.4) is 0 Å². The van der Waals surface area contributed by atoms with Gasteiger partial charge in [0.1, 0.15) is 13.2 Å². The summed E-state index contributed by atoms with van der Waals surface area (Å²) in [7, 11) is 0. The summed E-state index contributed by atoms with van der Waals surface area (Å²) >= 11 is 0. The second-order valence-electron chi connectivity index (χ2n) is 3.67. The van der Waals surface area contributed by atoms with Crippen LogP contribution in [0.15, 0.2) is 41.9 Å². The SMILES string of the molecule is O=C(Nc1ccccc1)C1=C(C(F)(F)F)OCCO1. The van der Waals surface area contributed by atoms with Gasteiger partial charge in [-0.15, -0.1) is 0 Å². The predicted octanol–water partition coefficient (Wildman–Crippen LogP) is 2.45. The largest absolute Gasteiger partial charge is 0.483 e. The zero-order valence-corrected chi connectivity index (χ0v) is 9.66. The molecule has 1 heterocycles. The van der Waals surface area contributed by atoms with Crippen molar-refractivity contribution in [2.75, 3.05) is 18.5 Å². The van der Waals surface area contributed by atoms with Gasteiger partial charge in [0.15, 0.2) is 0 Å². The van der Waals surface area contributed by atoms with Crippen molar-refractivity contribution >= 4 is 11.6 Å². The summed E-state index contributed by atoms with van der Waals surface area (Å²) in [6.07, 6.45) is -4.76. The number of hydrogen-bond donors (Lipinski definition) is 1. The molecule has 102 valence electrons. The van der Waals surface area contributed by atoms with E-state index in [2.05, 4.69) is 10.1 Å². The van der Waals surface area contributed by atoms with E-state index in [0.29, 0.717) is 5.69 Å². The topological polar surface area (TPSA) is 47.6 Å². The molecule has 2 rings (SSSR count). The fourth-order valence-electron chi connectivity index (χ4n) is 1.51. The molecule has 0 fully saturated rings. The van der Waals surface area contributed by atoms with Gasteiger partial charge >= 0.3 is 6.18 Å². The average molecular weight is 273 g/mol. The fourth-order valence-corrected chi connectivity index (χ4v) is 1.51. The highest BCUT2D eigenvalue weighted by atomic mass is 19.4. The highest BCUT2D eigenvalue weighted by Gasteiger charge is 2.43. The van der Waals surface area contributed by atoms with Crippen molar-refractivity contribution in [1.29, 1.82) is 0 Å². The second-order valence-corrected chi connectivity index (χ2v) is 3.67. The van der Waals surface area contributed by atoms with E-state index < -0.39 is 23.6 Å². The van der Waals surface area contributed by atoms with Gasteiger partial charge in [0.25, 0.3) is 5.91 Å². The Morgan fingerprint density at radius 1 is 1.11 bits per heavy atom. The smallest absolute Gasteiger partial charge is 0.453 e. The maximum Gasteiger partial charge on any atom is 0.453 e. The number of amides is 1. The number of anilines is 1. The molecule has 7 heteroatoms. The number of hydrogen-bond acceptors (Lipinski definition) is 3. The Hall–Kier alpha value is -2.18. The van der Waals surface area contributed by atoms with Crippen molar-refractivity contribution in [2.45, 2.75) is 6.18 Å². The van der Waals surface area contributed by atoms with E-state index in [4.69, 9.17) is 4.74 Å². The Labute approximate surface area is 106 Å². The first-order valence-electron chi connectivity index (χ1n) is 5.42. The Kier molecular flexibility index (Phi) is 3.64. The highest BCUT2D eigenvalue weighted by molar-refractivity contribution is 6.02. The summed E-state index contributed by atoms with van der Waals surface area (Å²) < 4.78 is 47.2. The third-order valence-corrected chi connectivity index (χ3v) is 2.28. The molecule has 0 radical (unpaired) electrons. The van der Waals surface area contributed by atoms with Crippen molar-refractivity contribution in [3.05, 3.63) is 41.9 Å². The monoisotopic (exact) mass is 273 g/mol. The molecule has 0 bridgehead atoms. The number of halogens is 3. The molecule has 19 heavy (non-hydrogen) atoms. The first-order chi connectivity index (χ1) is 8.98. The number of rotatable bonds is 2. The van der Waals surface area contributed by atoms with Crippen molar-refractivity contribution in [1.82, 2.24) is 0 Å². The minimum absolute atomic E-state index is 0.100. The van der Waals surface area contributed by atoms with E-state index in [1.807, 2.05) is 0 Å². The molecule has 1 aliphatic rings. The lowest BCUT2D eigenvalue weighted by Crippen LogP contribution is -2.30. The number of carbonyl (C=O) groups excluding carboxylic acids is 1. The Morgan fingerprint density at radius 3 is 2.37 bits per heavy atom. The second kappa shape index (κ2) is 5.21. The van der Waals surface area contributed by atoms with E-state index in [1.165, 1.54) is 0 Å². The minimum Gasteiger partial charge on any atom is -0.483 e. The fraction of sp³-hybridized carbons (Fsp3) is 0.250. The molecule has 1 aromatic rings. The van der Waals surface area contributed by atoms with Gasteiger partial charge in [-0.2, -0.15) is 13.2 Å². The van der Waals surface area contributed by atoms with Gasteiger partial charge in [-0.3, -0.25) is 4.79 Å². The maximum atomic E-state index is 12.6. The van der Waals surface area contributed by atoms with Crippen LogP contribution < -0.4 is 5.32 Å². The third-order valence-electron chi connectivity index (χ3n) is 2.28. The molecule has 0 atom stereocenters. The Balaban J connectivity index is 2.23. The lowest BCUT2D eigenvalue weighted by Gasteiger charge is -2.22. The van der Waals surface area contributed by atoms with Crippen LogP contribution in [0.1, 0.15) is 0 Å². The summed E-state index contributed by atoms with van der Waals surface area (Å²) in [4.78, 5) is 11.8. The number of benzene rings is 1. The number of carbonyl (C=O) groups is 1. The number of alkyl halides is 3. The molecule has 0 spiro atoms. The van der Waals surface area contributed by atoms with Gasteiger partial charge in [0.2, 0.25) is 11.5 Å². The number of nitrogens with one attached hydrogen (secondary N) is 1. The normalized spacial score (nSPS) is 15.5. The van der Waals surface area contributed by atoms with E-state index in [-0.39, 0.29) is 13.2 Å².